The second-order valence-corrected chi connectivity index (χ2v) is 10.3. The summed E-state index contributed by atoms with van der Waals surface area (Å²) in [4.78, 5) is 55.6. The van der Waals surface area contributed by atoms with E-state index in [9.17, 15) is 29.4 Å². The number of nitrogens with one attached hydrogen (secondary N) is 1. The zero-order chi connectivity index (χ0) is 27.5. The Bertz CT molecular complexity index is 1010. The number of hydrogen-bond acceptors (Lipinski definition) is 7. The van der Waals surface area contributed by atoms with Crippen molar-refractivity contribution < 1.29 is 29.4 Å². The summed E-state index contributed by atoms with van der Waals surface area (Å²) in [5.41, 5.74) is 11.8. The largest absolute Gasteiger partial charge is 0.391 e. The van der Waals surface area contributed by atoms with Gasteiger partial charge in [-0.2, -0.15) is 0 Å². The van der Waals surface area contributed by atoms with Gasteiger partial charge in [-0.1, -0.05) is 29.8 Å². The number of rotatable bonds is 9. The van der Waals surface area contributed by atoms with E-state index in [1.54, 1.807) is 0 Å². The minimum absolute atomic E-state index is 0.185. The van der Waals surface area contributed by atoms with Gasteiger partial charge in [0.05, 0.1) is 12.2 Å². The van der Waals surface area contributed by atoms with Crippen LogP contribution in [-0.2, 0) is 25.6 Å². The van der Waals surface area contributed by atoms with Crippen LogP contribution in [0.25, 0.3) is 0 Å². The van der Waals surface area contributed by atoms with E-state index in [0.717, 1.165) is 11.1 Å². The number of carbonyl (C=O) groups is 4. The molecule has 2 fully saturated rings. The first-order valence-corrected chi connectivity index (χ1v) is 12.8. The predicted octanol–water partition coefficient (Wildman–Crippen LogP) is -1.05. The highest BCUT2D eigenvalue weighted by molar-refractivity contribution is 5.98. The molecule has 204 valence electrons. The minimum Gasteiger partial charge on any atom is -0.391 e. The molecule has 11 heteroatoms. The number of primary amides is 1. The number of benzene rings is 1. The molecule has 0 aliphatic carbocycles. The summed E-state index contributed by atoms with van der Waals surface area (Å²) in [5.74, 6) is -2.36. The number of nitrogens with zero attached hydrogens (tertiary/aromatic N) is 2. The molecule has 0 unspecified atom stereocenters. The minimum atomic E-state index is -1.35. The van der Waals surface area contributed by atoms with Crippen LogP contribution in [0.15, 0.2) is 24.3 Å². The van der Waals surface area contributed by atoms with Crippen LogP contribution in [0, 0.1) is 6.92 Å². The Kier molecular flexibility index (Phi) is 8.93. The summed E-state index contributed by atoms with van der Waals surface area (Å²) >= 11 is 0. The molecule has 0 saturated carbocycles. The molecule has 6 atom stereocenters. The number of nitrogens with two attached hydrogens (primary N) is 2. The molecule has 2 aliphatic rings. The summed E-state index contributed by atoms with van der Waals surface area (Å²) in [6.45, 7) is 5.33. The first kappa shape index (κ1) is 28.5. The van der Waals surface area contributed by atoms with Gasteiger partial charge in [-0.05, 0) is 52.0 Å². The lowest BCUT2D eigenvalue weighted by Crippen LogP contribution is -2.65. The molecule has 1 aromatic rings. The number of likely N-dealkylation sites (tertiary alicyclic amines) is 2. The van der Waals surface area contributed by atoms with Gasteiger partial charge < -0.3 is 36.8 Å². The van der Waals surface area contributed by atoms with Gasteiger partial charge in [0.25, 0.3) is 0 Å². The molecule has 3 rings (SSSR count). The monoisotopic (exact) mass is 517 g/mol. The Morgan fingerprint density at radius 3 is 2.30 bits per heavy atom. The van der Waals surface area contributed by atoms with Gasteiger partial charge in [-0.15, -0.1) is 0 Å². The van der Waals surface area contributed by atoms with E-state index in [1.165, 1.54) is 23.6 Å². The van der Waals surface area contributed by atoms with Crippen LogP contribution in [0.2, 0.25) is 0 Å². The molecular weight excluding hydrogens is 478 g/mol. The molecular formula is C26H39N5O6. The zero-order valence-electron chi connectivity index (χ0n) is 21.7. The Morgan fingerprint density at radius 2 is 1.73 bits per heavy atom. The molecule has 0 spiro atoms. The molecule has 2 saturated heterocycles. The van der Waals surface area contributed by atoms with Crippen LogP contribution in [0.5, 0.6) is 0 Å². The van der Waals surface area contributed by atoms with Gasteiger partial charge in [-0.25, -0.2) is 0 Å². The maximum absolute atomic E-state index is 14.0. The number of hydrogen-bond donors (Lipinski definition) is 5. The van der Waals surface area contributed by atoms with Gasteiger partial charge in [-0.3, -0.25) is 19.2 Å². The topological polar surface area (TPSA) is 179 Å². The van der Waals surface area contributed by atoms with Crippen molar-refractivity contribution in [2.45, 2.75) is 88.7 Å². The smallest absolute Gasteiger partial charge is 0.247 e. The lowest BCUT2D eigenvalue weighted by molar-refractivity contribution is -0.152. The van der Waals surface area contributed by atoms with Crippen molar-refractivity contribution in [2.75, 3.05) is 13.1 Å². The molecule has 0 aromatic heterocycles. The number of aliphatic hydroxyl groups is 2. The van der Waals surface area contributed by atoms with E-state index in [-0.39, 0.29) is 18.9 Å². The zero-order valence-corrected chi connectivity index (χ0v) is 21.7. The highest BCUT2D eigenvalue weighted by Crippen LogP contribution is 2.36. The molecule has 11 nitrogen and oxygen atoms in total. The van der Waals surface area contributed by atoms with Crippen LogP contribution in [0.3, 0.4) is 0 Å². The van der Waals surface area contributed by atoms with Gasteiger partial charge in [0.2, 0.25) is 23.6 Å². The fourth-order valence-corrected chi connectivity index (χ4v) is 5.31. The quantitative estimate of drug-likeness (QED) is 0.277. The van der Waals surface area contributed by atoms with Gasteiger partial charge in [0.15, 0.2) is 0 Å². The van der Waals surface area contributed by atoms with Crippen molar-refractivity contribution in [3.63, 3.8) is 0 Å². The molecule has 2 aliphatic heterocycles. The number of aryl methyl sites for hydroxylation is 1. The van der Waals surface area contributed by atoms with E-state index < -0.39 is 53.6 Å². The fourth-order valence-electron chi connectivity index (χ4n) is 5.31. The van der Waals surface area contributed by atoms with Crippen LogP contribution < -0.4 is 16.8 Å². The average molecular weight is 518 g/mol. The molecule has 7 N–H and O–H groups in total. The van der Waals surface area contributed by atoms with Crippen LogP contribution in [-0.4, -0.2) is 92.6 Å². The summed E-state index contributed by atoms with van der Waals surface area (Å²) in [7, 11) is 0. The summed E-state index contributed by atoms with van der Waals surface area (Å²) in [6, 6.07) is 4.31. The third kappa shape index (κ3) is 5.94. The van der Waals surface area contributed by atoms with Crippen LogP contribution in [0.1, 0.15) is 50.7 Å². The Balaban J connectivity index is 1.97. The van der Waals surface area contributed by atoms with E-state index >= 15 is 0 Å². The third-order valence-corrected chi connectivity index (χ3v) is 7.50. The maximum atomic E-state index is 14.0. The van der Waals surface area contributed by atoms with Gasteiger partial charge in [0, 0.05) is 19.5 Å². The van der Waals surface area contributed by atoms with Crippen molar-refractivity contribution in [3.05, 3.63) is 35.4 Å². The van der Waals surface area contributed by atoms with Crippen LogP contribution in [0.4, 0.5) is 0 Å². The molecule has 0 radical (unpaired) electrons. The van der Waals surface area contributed by atoms with Gasteiger partial charge >= 0.3 is 0 Å². The van der Waals surface area contributed by atoms with E-state index in [0.29, 0.717) is 32.2 Å². The van der Waals surface area contributed by atoms with Crippen molar-refractivity contribution in [3.8, 4) is 0 Å². The Labute approximate surface area is 217 Å². The number of aliphatic hydroxyl groups excluding tert-OH is 2. The number of carbonyl (C=O) groups excluding carboxylic acids is 4. The second-order valence-electron chi connectivity index (χ2n) is 10.3. The first-order valence-electron chi connectivity index (χ1n) is 12.8. The molecule has 2 heterocycles. The van der Waals surface area contributed by atoms with Gasteiger partial charge in [0.1, 0.15) is 23.7 Å². The van der Waals surface area contributed by atoms with Crippen molar-refractivity contribution in [1.29, 1.82) is 0 Å². The molecule has 0 bridgehead atoms. The number of amides is 4. The standard InChI is InChI=1S/C26H39N5O6/c1-15-7-9-18(10-8-15)14-26(25(37)29-21(17(3)33)22(28)34)11-5-13-31(26)23(35)19-6-4-12-30(19)24(36)20(27)16(2)32/h7-10,16-17,19-21,32-33H,4-6,11-14,27H2,1-3H3,(H2,28,34)(H,29,37)/t16-,17-,19+,20+,21+,26+/m1/s1. The summed E-state index contributed by atoms with van der Waals surface area (Å²) < 4.78 is 0. The molecule has 4 amide bonds. The fraction of sp³-hybridized carbons (Fsp3) is 0.615. The Hall–Kier alpha value is -3.02. The SMILES string of the molecule is Cc1ccc(C[C@]2(C(=O)N[C@H](C(N)=O)[C@@H](C)O)CCCN2C(=O)[C@@H]2CCCN2C(=O)[C@@H](N)[C@@H](C)O)cc1. The highest BCUT2D eigenvalue weighted by atomic mass is 16.3. The normalized spacial score (nSPS) is 24.9. The lowest BCUT2D eigenvalue weighted by atomic mass is 9.85. The van der Waals surface area contributed by atoms with E-state index in [1.807, 2.05) is 31.2 Å². The Morgan fingerprint density at radius 1 is 1.08 bits per heavy atom. The maximum Gasteiger partial charge on any atom is 0.247 e. The predicted molar refractivity (Wildman–Crippen MR) is 136 cm³/mol. The average Bonchev–Trinajstić information content (AvgIpc) is 3.50. The first-order chi connectivity index (χ1) is 17.4. The summed E-state index contributed by atoms with van der Waals surface area (Å²) in [6.07, 6.45) is -0.253. The highest BCUT2D eigenvalue weighted by Gasteiger charge is 2.53. The van der Waals surface area contributed by atoms with Crippen molar-refractivity contribution in [2.24, 2.45) is 11.5 Å². The summed E-state index contributed by atoms with van der Waals surface area (Å²) in [5, 5.41) is 22.5. The van der Waals surface area contributed by atoms with E-state index in [4.69, 9.17) is 11.5 Å². The second kappa shape index (κ2) is 11.6. The molecule has 1 aromatic carbocycles. The van der Waals surface area contributed by atoms with Crippen molar-refractivity contribution >= 4 is 23.6 Å². The lowest BCUT2D eigenvalue weighted by Gasteiger charge is -2.41. The third-order valence-electron chi connectivity index (χ3n) is 7.50. The van der Waals surface area contributed by atoms with E-state index in [2.05, 4.69) is 5.32 Å². The molecule has 37 heavy (non-hydrogen) atoms. The van der Waals surface area contributed by atoms with Crippen molar-refractivity contribution in [1.82, 2.24) is 15.1 Å². The van der Waals surface area contributed by atoms with Crippen LogP contribution >= 0.6 is 0 Å².